The molecule has 7 nitrogen and oxygen atoms in total. The second-order valence-corrected chi connectivity index (χ2v) is 4.04. The highest BCUT2D eigenvalue weighted by molar-refractivity contribution is 5.73. The third-order valence-corrected chi connectivity index (χ3v) is 2.74. The number of rotatable bonds is 1. The van der Waals surface area contributed by atoms with E-state index in [2.05, 4.69) is 15.0 Å². The van der Waals surface area contributed by atoms with Crippen LogP contribution in [0.2, 0.25) is 0 Å². The predicted molar refractivity (Wildman–Crippen MR) is 70.1 cm³/mol. The van der Waals surface area contributed by atoms with E-state index >= 15 is 0 Å². The number of halogens is 1. The number of aromatic amines is 1. The maximum absolute atomic E-state index is 13.2. The van der Waals surface area contributed by atoms with Crippen molar-refractivity contribution >= 4 is 17.0 Å². The standard InChI is InChI=1S/C12H8FN5O2/c13-6-2-1-3-7(4-6)18-10(19)8-5-15-11(14)16-9(8)17-12(18)20/h1-5H,(H3,14,15,16,17,20). The molecular weight excluding hydrogens is 265 g/mol. The van der Waals surface area contributed by atoms with Crippen LogP contribution in [0.15, 0.2) is 40.1 Å². The highest BCUT2D eigenvalue weighted by Gasteiger charge is 2.11. The molecule has 3 N–H and O–H groups in total. The molecule has 1 aromatic carbocycles. The van der Waals surface area contributed by atoms with Gasteiger partial charge in [-0.3, -0.25) is 9.78 Å². The average Bonchev–Trinajstić information content (AvgIpc) is 2.38. The molecule has 0 amide bonds. The van der Waals surface area contributed by atoms with Crippen molar-refractivity contribution in [3.63, 3.8) is 0 Å². The molecule has 0 saturated heterocycles. The largest absolute Gasteiger partial charge is 0.368 e. The van der Waals surface area contributed by atoms with E-state index in [0.29, 0.717) is 0 Å². The molecule has 100 valence electrons. The lowest BCUT2D eigenvalue weighted by Crippen LogP contribution is -2.34. The first-order valence-electron chi connectivity index (χ1n) is 5.60. The lowest BCUT2D eigenvalue weighted by atomic mass is 10.3. The summed E-state index contributed by atoms with van der Waals surface area (Å²) in [5.41, 5.74) is 4.18. The van der Waals surface area contributed by atoms with Crippen molar-refractivity contribution in [1.29, 1.82) is 0 Å². The van der Waals surface area contributed by atoms with Crippen LogP contribution in [0.25, 0.3) is 16.7 Å². The first kappa shape index (κ1) is 12.0. The van der Waals surface area contributed by atoms with Gasteiger partial charge in [-0.2, -0.15) is 4.98 Å². The maximum atomic E-state index is 13.2. The zero-order chi connectivity index (χ0) is 14.3. The number of aromatic nitrogens is 4. The molecule has 0 fully saturated rings. The number of anilines is 1. The van der Waals surface area contributed by atoms with Crippen LogP contribution in [0.1, 0.15) is 0 Å². The van der Waals surface area contributed by atoms with Crippen LogP contribution in [-0.2, 0) is 0 Å². The molecule has 0 saturated carbocycles. The second-order valence-electron chi connectivity index (χ2n) is 4.04. The summed E-state index contributed by atoms with van der Waals surface area (Å²) in [6.45, 7) is 0. The Bertz CT molecular complexity index is 931. The van der Waals surface area contributed by atoms with Gasteiger partial charge in [-0.05, 0) is 18.2 Å². The molecule has 0 spiro atoms. The van der Waals surface area contributed by atoms with Crippen molar-refractivity contribution in [3.8, 4) is 5.69 Å². The quantitative estimate of drug-likeness (QED) is 0.658. The summed E-state index contributed by atoms with van der Waals surface area (Å²) >= 11 is 0. The summed E-state index contributed by atoms with van der Waals surface area (Å²) in [6, 6.07) is 5.15. The first-order chi connectivity index (χ1) is 9.56. The van der Waals surface area contributed by atoms with Crippen LogP contribution in [0.4, 0.5) is 10.3 Å². The first-order valence-corrected chi connectivity index (χ1v) is 5.60. The molecule has 2 heterocycles. The number of nitrogens with one attached hydrogen (secondary N) is 1. The van der Waals surface area contributed by atoms with Gasteiger partial charge in [-0.1, -0.05) is 6.07 Å². The molecule has 0 radical (unpaired) electrons. The molecule has 0 aliphatic carbocycles. The number of nitrogen functional groups attached to an aromatic ring is 1. The molecule has 0 atom stereocenters. The molecule has 0 aliphatic rings. The van der Waals surface area contributed by atoms with Crippen LogP contribution in [0, 0.1) is 5.82 Å². The van der Waals surface area contributed by atoms with E-state index in [1.165, 1.54) is 24.4 Å². The molecule has 3 aromatic rings. The van der Waals surface area contributed by atoms with Gasteiger partial charge in [0.2, 0.25) is 5.95 Å². The fourth-order valence-electron chi connectivity index (χ4n) is 1.87. The van der Waals surface area contributed by atoms with Crippen molar-refractivity contribution in [2.45, 2.75) is 0 Å². The van der Waals surface area contributed by atoms with Gasteiger partial charge in [0.05, 0.1) is 5.69 Å². The minimum atomic E-state index is -0.730. The number of fused-ring (bicyclic) bond motifs is 1. The van der Waals surface area contributed by atoms with E-state index in [9.17, 15) is 14.0 Å². The molecule has 8 heteroatoms. The van der Waals surface area contributed by atoms with E-state index in [-0.39, 0.29) is 22.7 Å². The molecule has 0 bridgehead atoms. The van der Waals surface area contributed by atoms with Gasteiger partial charge in [-0.25, -0.2) is 18.7 Å². The van der Waals surface area contributed by atoms with E-state index in [4.69, 9.17) is 5.73 Å². The van der Waals surface area contributed by atoms with Crippen molar-refractivity contribution in [1.82, 2.24) is 19.5 Å². The molecule has 2 aromatic heterocycles. The predicted octanol–water partition coefficient (Wildman–Crippen LogP) is 0.190. The Morgan fingerprint density at radius 3 is 2.85 bits per heavy atom. The third kappa shape index (κ3) is 1.83. The third-order valence-electron chi connectivity index (χ3n) is 2.74. The van der Waals surface area contributed by atoms with Gasteiger partial charge < -0.3 is 5.73 Å². The Labute approximate surface area is 110 Å². The lowest BCUT2D eigenvalue weighted by Gasteiger charge is -2.05. The highest BCUT2D eigenvalue weighted by atomic mass is 19.1. The monoisotopic (exact) mass is 273 g/mol. The fraction of sp³-hybridized carbons (Fsp3) is 0. The normalized spacial score (nSPS) is 10.8. The SMILES string of the molecule is Nc1ncc2c(=O)n(-c3cccc(F)c3)c(=O)[nH]c2n1. The Kier molecular flexibility index (Phi) is 2.56. The number of hydrogen-bond donors (Lipinski definition) is 2. The van der Waals surface area contributed by atoms with E-state index < -0.39 is 17.1 Å². The summed E-state index contributed by atoms with van der Waals surface area (Å²) < 4.78 is 14.0. The van der Waals surface area contributed by atoms with Gasteiger partial charge in [0, 0.05) is 6.20 Å². The Hall–Kier alpha value is -3.03. The highest BCUT2D eigenvalue weighted by Crippen LogP contribution is 2.07. The Balaban J connectivity index is 2.41. The molecule has 0 unspecified atom stereocenters. The van der Waals surface area contributed by atoms with Crippen molar-refractivity contribution < 1.29 is 4.39 Å². The smallest absolute Gasteiger partial charge is 0.334 e. The average molecular weight is 273 g/mol. The van der Waals surface area contributed by atoms with Gasteiger partial charge in [-0.15, -0.1) is 0 Å². The van der Waals surface area contributed by atoms with Crippen molar-refractivity contribution in [3.05, 3.63) is 57.1 Å². The van der Waals surface area contributed by atoms with Gasteiger partial charge >= 0.3 is 5.69 Å². The van der Waals surface area contributed by atoms with Crippen LogP contribution >= 0.6 is 0 Å². The lowest BCUT2D eigenvalue weighted by molar-refractivity contribution is 0.626. The van der Waals surface area contributed by atoms with E-state index in [1.54, 1.807) is 0 Å². The minimum Gasteiger partial charge on any atom is -0.368 e. The van der Waals surface area contributed by atoms with Gasteiger partial charge in [0.1, 0.15) is 11.2 Å². The summed E-state index contributed by atoms with van der Waals surface area (Å²) in [7, 11) is 0. The summed E-state index contributed by atoms with van der Waals surface area (Å²) in [5.74, 6) is -0.612. The number of nitrogens with two attached hydrogens (primary N) is 1. The Morgan fingerprint density at radius 1 is 1.30 bits per heavy atom. The molecule has 3 rings (SSSR count). The second kappa shape index (κ2) is 4.26. The molecule has 20 heavy (non-hydrogen) atoms. The summed E-state index contributed by atoms with van der Waals surface area (Å²) in [6.07, 6.45) is 1.21. The topological polar surface area (TPSA) is 107 Å². The number of nitrogens with zero attached hydrogens (tertiary/aromatic N) is 3. The van der Waals surface area contributed by atoms with E-state index in [1.807, 2.05) is 0 Å². The van der Waals surface area contributed by atoms with Crippen LogP contribution in [0.3, 0.4) is 0 Å². The molecule has 0 aliphatic heterocycles. The zero-order valence-electron chi connectivity index (χ0n) is 10.0. The number of H-pyrrole nitrogens is 1. The number of benzene rings is 1. The van der Waals surface area contributed by atoms with Crippen molar-refractivity contribution in [2.24, 2.45) is 0 Å². The fourth-order valence-corrected chi connectivity index (χ4v) is 1.87. The van der Waals surface area contributed by atoms with Crippen LogP contribution in [0.5, 0.6) is 0 Å². The maximum Gasteiger partial charge on any atom is 0.334 e. The summed E-state index contributed by atoms with van der Waals surface area (Å²) in [5, 5.41) is 0.0862. The van der Waals surface area contributed by atoms with Gasteiger partial charge in [0.15, 0.2) is 5.65 Å². The van der Waals surface area contributed by atoms with Crippen molar-refractivity contribution in [2.75, 3.05) is 5.73 Å². The number of hydrogen-bond acceptors (Lipinski definition) is 5. The summed E-state index contributed by atoms with van der Waals surface area (Å²) in [4.78, 5) is 34.1. The van der Waals surface area contributed by atoms with E-state index in [0.717, 1.165) is 10.6 Å². The minimum absolute atomic E-state index is 0.0418. The van der Waals surface area contributed by atoms with Gasteiger partial charge in [0.25, 0.3) is 5.56 Å². The molecular formula is C12H8FN5O2. The zero-order valence-corrected chi connectivity index (χ0v) is 10.0. The Morgan fingerprint density at radius 2 is 2.10 bits per heavy atom. The van der Waals surface area contributed by atoms with Crippen LogP contribution in [-0.4, -0.2) is 19.5 Å². The van der Waals surface area contributed by atoms with Crippen LogP contribution < -0.4 is 17.0 Å².